The predicted molar refractivity (Wildman–Crippen MR) is 75.2 cm³/mol. The maximum atomic E-state index is 12.4. The van der Waals surface area contributed by atoms with Crippen LogP contribution in [0.3, 0.4) is 0 Å². The van der Waals surface area contributed by atoms with Crippen LogP contribution in [0.1, 0.15) is 9.67 Å². The lowest BCUT2D eigenvalue weighted by atomic mass is 10.3. The first kappa shape index (κ1) is 11.4. The highest BCUT2D eigenvalue weighted by Crippen LogP contribution is 2.29. The van der Waals surface area contributed by atoms with E-state index in [1.807, 2.05) is 26.9 Å². The maximum Gasteiger partial charge on any atom is 0.264 e. The molecule has 0 N–H and O–H groups in total. The average molecular weight is 293 g/mol. The number of thiophene rings is 1. The first-order chi connectivity index (χ1) is 9.33. The Morgan fingerprint density at radius 3 is 3.05 bits per heavy atom. The van der Waals surface area contributed by atoms with Crippen molar-refractivity contribution in [1.29, 1.82) is 0 Å². The second-order valence-corrected chi connectivity index (χ2v) is 6.28. The summed E-state index contributed by atoms with van der Waals surface area (Å²) in [5, 5.41) is 2.00. The van der Waals surface area contributed by atoms with E-state index in [1.165, 1.54) is 11.3 Å². The molecule has 98 valence electrons. The van der Waals surface area contributed by atoms with E-state index in [0.29, 0.717) is 26.3 Å². The van der Waals surface area contributed by atoms with Crippen molar-refractivity contribution >= 4 is 43.9 Å². The first-order valence-electron chi connectivity index (χ1n) is 6.05. The van der Waals surface area contributed by atoms with Crippen LogP contribution in [-0.2, 0) is 4.74 Å². The molecule has 0 radical (unpaired) electrons. The summed E-state index contributed by atoms with van der Waals surface area (Å²) in [6, 6.07) is 1.95. The Morgan fingerprint density at radius 2 is 2.21 bits per heavy atom. The van der Waals surface area contributed by atoms with E-state index in [1.54, 1.807) is 11.3 Å². The Hall–Kier alpha value is -1.44. The summed E-state index contributed by atoms with van der Waals surface area (Å²) >= 11 is 3.08. The number of nitrogens with zero attached hydrogens (tertiary/aromatic N) is 3. The van der Waals surface area contributed by atoms with Gasteiger partial charge in [0, 0.05) is 24.7 Å². The number of imidazole rings is 1. The normalized spacial score (nSPS) is 16.5. The summed E-state index contributed by atoms with van der Waals surface area (Å²) in [7, 11) is 0. The quantitative estimate of drug-likeness (QED) is 0.690. The van der Waals surface area contributed by atoms with Gasteiger partial charge in [-0.2, -0.15) is 0 Å². The van der Waals surface area contributed by atoms with Gasteiger partial charge in [-0.1, -0.05) is 0 Å². The minimum absolute atomic E-state index is 0.0929. The number of morpholine rings is 1. The van der Waals surface area contributed by atoms with Crippen LogP contribution in [0.25, 0.3) is 15.3 Å². The minimum Gasteiger partial charge on any atom is -0.378 e. The van der Waals surface area contributed by atoms with Crippen molar-refractivity contribution in [2.75, 3.05) is 26.3 Å². The standard InChI is InChI=1S/C12H11N3O2S2/c16-11(14-1-4-17-5-2-14)9-7-8-10(19-9)13-12-15(8)3-6-18-12/h3,6-7H,1-2,4-5H2. The van der Waals surface area contributed by atoms with Crippen LogP contribution < -0.4 is 0 Å². The lowest BCUT2D eigenvalue weighted by molar-refractivity contribution is 0.0306. The Labute approximate surface area is 117 Å². The van der Waals surface area contributed by atoms with Crippen molar-refractivity contribution in [3.8, 4) is 0 Å². The van der Waals surface area contributed by atoms with Gasteiger partial charge in [0.15, 0.2) is 4.96 Å². The molecule has 3 aromatic rings. The van der Waals surface area contributed by atoms with Gasteiger partial charge < -0.3 is 9.64 Å². The second-order valence-electron chi connectivity index (χ2n) is 4.37. The second kappa shape index (κ2) is 4.29. The zero-order valence-electron chi connectivity index (χ0n) is 10.0. The lowest BCUT2D eigenvalue weighted by Crippen LogP contribution is -2.40. The highest BCUT2D eigenvalue weighted by molar-refractivity contribution is 7.21. The fraction of sp³-hybridized carbons (Fsp3) is 0.333. The van der Waals surface area contributed by atoms with Crippen LogP contribution in [0.5, 0.6) is 0 Å². The molecule has 5 nitrogen and oxygen atoms in total. The molecule has 19 heavy (non-hydrogen) atoms. The molecule has 1 aliphatic heterocycles. The molecule has 4 rings (SSSR count). The number of carbonyl (C=O) groups is 1. The third kappa shape index (κ3) is 1.77. The van der Waals surface area contributed by atoms with E-state index in [-0.39, 0.29) is 5.91 Å². The van der Waals surface area contributed by atoms with Crippen LogP contribution in [0, 0.1) is 0 Å². The van der Waals surface area contributed by atoms with Crippen LogP contribution >= 0.6 is 22.7 Å². The van der Waals surface area contributed by atoms with E-state index >= 15 is 0 Å². The summed E-state index contributed by atoms with van der Waals surface area (Å²) in [5.74, 6) is 0.0929. The van der Waals surface area contributed by atoms with Crippen LogP contribution in [0.15, 0.2) is 17.6 Å². The molecule has 0 spiro atoms. The molecule has 3 aromatic heterocycles. The zero-order chi connectivity index (χ0) is 12.8. The van der Waals surface area contributed by atoms with Gasteiger partial charge in [-0.3, -0.25) is 9.20 Å². The number of aromatic nitrogens is 2. The molecule has 1 aliphatic rings. The number of ether oxygens (including phenoxy) is 1. The molecule has 4 heterocycles. The number of hydrogen-bond acceptors (Lipinski definition) is 5. The largest absolute Gasteiger partial charge is 0.378 e. The van der Waals surface area contributed by atoms with Gasteiger partial charge in [-0.15, -0.1) is 22.7 Å². The average Bonchev–Trinajstić information content (AvgIpc) is 3.10. The van der Waals surface area contributed by atoms with E-state index in [2.05, 4.69) is 4.98 Å². The van der Waals surface area contributed by atoms with Gasteiger partial charge >= 0.3 is 0 Å². The molecule has 0 bridgehead atoms. The van der Waals surface area contributed by atoms with Crippen molar-refractivity contribution in [3.05, 3.63) is 22.5 Å². The summed E-state index contributed by atoms with van der Waals surface area (Å²) in [6.07, 6.45) is 1.99. The first-order valence-corrected chi connectivity index (χ1v) is 7.75. The molecular weight excluding hydrogens is 282 g/mol. The monoisotopic (exact) mass is 293 g/mol. The fourth-order valence-corrected chi connectivity index (χ4v) is 4.04. The van der Waals surface area contributed by atoms with Gasteiger partial charge in [0.2, 0.25) is 0 Å². The smallest absolute Gasteiger partial charge is 0.264 e. The molecule has 0 aliphatic carbocycles. The van der Waals surface area contributed by atoms with E-state index in [4.69, 9.17) is 4.74 Å². The summed E-state index contributed by atoms with van der Waals surface area (Å²) in [4.78, 5) is 21.4. The predicted octanol–water partition coefficient (Wildman–Crippen LogP) is 2.08. The summed E-state index contributed by atoms with van der Waals surface area (Å²) in [6.45, 7) is 2.61. The van der Waals surface area contributed by atoms with Gasteiger partial charge in [0.25, 0.3) is 5.91 Å². The topological polar surface area (TPSA) is 46.8 Å². The third-order valence-electron chi connectivity index (χ3n) is 3.25. The van der Waals surface area contributed by atoms with Gasteiger partial charge in [-0.25, -0.2) is 4.98 Å². The van der Waals surface area contributed by atoms with Crippen LogP contribution in [0.2, 0.25) is 0 Å². The highest BCUT2D eigenvalue weighted by atomic mass is 32.1. The van der Waals surface area contributed by atoms with Crippen molar-refractivity contribution in [2.24, 2.45) is 0 Å². The number of hydrogen-bond donors (Lipinski definition) is 0. The van der Waals surface area contributed by atoms with E-state index in [0.717, 1.165) is 20.2 Å². The van der Waals surface area contributed by atoms with Crippen molar-refractivity contribution < 1.29 is 9.53 Å². The van der Waals surface area contributed by atoms with E-state index < -0.39 is 0 Å². The Morgan fingerprint density at radius 1 is 1.37 bits per heavy atom. The molecule has 0 aromatic carbocycles. The molecule has 1 fully saturated rings. The molecule has 1 amide bonds. The zero-order valence-corrected chi connectivity index (χ0v) is 11.7. The Bertz CT molecular complexity index is 751. The van der Waals surface area contributed by atoms with Crippen LogP contribution in [0.4, 0.5) is 0 Å². The Balaban J connectivity index is 1.73. The molecule has 0 atom stereocenters. The maximum absolute atomic E-state index is 12.4. The van der Waals surface area contributed by atoms with E-state index in [9.17, 15) is 4.79 Å². The number of thiazole rings is 1. The Kier molecular flexibility index (Phi) is 2.57. The van der Waals surface area contributed by atoms with Crippen molar-refractivity contribution in [3.63, 3.8) is 0 Å². The SMILES string of the molecule is O=C(c1cc2c(nc3sccn32)s1)N1CCOCC1. The van der Waals surface area contributed by atoms with Gasteiger partial charge in [0.05, 0.1) is 23.6 Å². The van der Waals surface area contributed by atoms with Crippen LogP contribution in [-0.4, -0.2) is 46.5 Å². The molecular formula is C12H11N3O2S2. The molecule has 1 saturated heterocycles. The molecule has 7 heteroatoms. The fourth-order valence-electron chi connectivity index (χ4n) is 2.28. The minimum atomic E-state index is 0.0929. The third-order valence-corrected chi connectivity index (χ3v) is 5.01. The number of fused-ring (bicyclic) bond motifs is 3. The summed E-state index contributed by atoms with van der Waals surface area (Å²) in [5.41, 5.74) is 1.03. The summed E-state index contributed by atoms with van der Waals surface area (Å²) < 4.78 is 7.31. The van der Waals surface area contributed by atoms with Crippen molar-refractivity contribution in [2.45, 2.75) is 0 Å². The number of carbonyl (C=O) groups excluding carboxylic acids is 1. The van der Waals surface area contributed by atoms with Gasteiger partial charge in [-0.05, 0) is 6.07 Å². The van der Waals surface area contributed by atoms with Crippen molar-refractivity contribution in [1.82, 2.24) is 14.3 Å². The lowest BCUT2D eigenvalue weighted by Gasteiger charge is -2.26. The molecule has 0 unspecified atom stereocenters. The number of amides is 1. The molecule has 0 saturated carbocycles. The number of rotatable bonds is 1. The highest BCUT2D eigenvalue weighted by Gasteiger charge is 2.21. The van der Waals surface area contributed by atoms with Gasteiger partial charge in [0.1, 0.15) is 4.83 Å².